The highest BCUT2D eigenvalue weighted by Gasteiger charge is 2.44. The summed E-state index contributed by atoms with van der Waals surface area (Å²) in [6.07, 6.45) is 3.77. The molecule has 0 aliphatic carbocycles. The monoisotopic (exact) mass is 502 g/mol. The first-order chi connectivity index (χ1) is 11.2. The summed E-state index contributed by atoms with van der Waals surface area (Å²) in [5, 5.41) is 11.7. The quantitative estimate of drug-likeness (QED) is 0.371. The second kappa shape index (κ2) is 7.79. The fourth-order valence-electron chi connectivity index (χ4n) is 2.07. The van der Waals surface area contributed by atoms with Crippen LogP contribution in [0.3, 0.4) is 0 Å². The minimum absolute atomic E-state index is 0.0859. The van der Waals surface area contributed by atoms with Crippen molar-refractivity contribution < 1.29 is 17.7 Å². The predicted molar refractivity (Wildman–Crippen MR) is 99.9 cm³/mol. The van der Waals surface area contributed by atoms with Crippen molar-refractivity contribution in [3.63, 3.8) is 0 Å². The van der Waals surface area contributed by atoms with Crippen LogP contribution in [0.15, 0.2) is 36.8 Å². The Labute approximate surface area is 163 Å². The van der Waals surface area contributed by atoms with Gasteiger partial charge in [0, 0.05) is 32.4 Å². The molecule has 0 spiro atoms. The van der Waals surface area contributed by atoms with Gasteiger partial charge in [0.25, 0.3) is 10.1 Å². The maximum absolute atomic E-state index is 11.7. The van der Waals surface area contributed by atoms with E-state index in [4.69, 9.17) is 27.4 Å². The van der Waals surface area contributed by atoms with Crippen LogP contribution in [0.5, 0.6) is 0 Å². The van der Waals surface area contributed by atoms with Crippen LogP contribution in [0.4, 0.5) is 0 Å². The topological polar surface area (TPSA) is 89.4 Å². The Hall–Kier alpha value is -0.520. The van der Waals surface area contributed by atoms with Crippen molar-refractivity contribution in [3.8, 4) is 0 Å². The van der Waals surface area contributed by atoms with Crippen molar-refractivity contribution >= 4 is 55.9 Å². The van der Waals surface area contributed by atoms with E-state index in [-0.39, 0.29) is 20.7 Å². The van der Waals surface area contributed by atoms with Crippen LogP contribution in [-0.2, 0) is 19.9 Å². The van der Waals surface area contributed by atoms with Crippen molar-refractivity contribution in [2.45, 2.75) is 11.7 Å². The normalized spacial score (nSPS) is 15.7. The predicted octanol–water partition coefficient (Wildman–Crippen LogP) is 3.12. The molecule has 2 atom stereocenters. The lowest BCUT2D eigenvalue weighted by molar-refractivity contribution is -0.0491. The first-order valence-corrected chi connectivity index (χ1v) is 10.6. The number of aliphatic hydroxyl groups is 1. The fourth-order valence-corrected chi connectivity index (χ4v) is 3.98. The third kappa shape index (κ3) is 4.55. The van der Waals surface area contributed by atoms with E-state index in [0.29, 0.717) is 5.02 Å². The van der Waals surface area contributed by atoms with Crippen LogP contribution in [-0.4, -0.2) is 34.2 Å². The maximum Gasteiger partial charge on any atom is 0.265 e. The summed E-state index contributed by atoms with van der Waals surface area (Å²) >= 11 is 14.0. The van der Waals surface area contributed by atoms with Gasteiger partial charge in [0.05, 0.1) is 18.1 Å². The van der Waals surface area contributed by atoms with Gasteiger partial charge in [-0.1, -0.05) is 51.9 Å². The van der Waals surface area contributed by atoms with Gasteiger partial charge in [-0.2, -0.15) is 8.42 Å². The highest BCUT2D eigenvalue weighted by Crippen LogP contribution is 2.42. The molecule has 1 heterocycles. The average Bonchev–Trinajstić information content (AvgIpc) is 2.52. The second-order valence-electron chi connectivity index (χ2n) is 4.99. The van der Waals surface area contributed by atoms with Crippen molar-refractivity contribution in [2.24, 2.45) is 0 Å². The summed E-state index contributed by atoms with van der Waals surface area (Å²) in [6, 6.07) is 4.49. The molecule has 6 nitrogen and oxygen atoms in total. The van der Waals surface area contributed by atoms with E-state index in [2.05, 4.69) is 9.97 Å². The van der Waals surface area contributed by atoms with Gasteiger partial charge in [-0.05, 0) is 12.1 Å². The summed E-state index contributed by atoms with van der Waals surface area (Å²) in [4.78, 5) is 8.01. The van der Waals surface area contributed by atoms with Crippen LogP contribution >= 0.6 is 45.8 Å². The van der Waals surface area contributed by atoms with E-state index >= 15 is 0 Å². The molecule has 0 bridgehead atoms. The molecule has 2 unspecified atom stereocenters. The van der Waals surface area contributed by atoms with Gasteiger partial charge in [-0.25, -0.2) is 0 Å². The Kier molecular flexibility index (Phi) is 6.43. The van der Waals surface area contributed by atoms with Gasteiger partial charge in [0.15, 0.2) is 0 Å². The molecule has 24 heavy (non-hydrogen) atoms. The van der Waals surface area contributed by atoms with Crippen LogP contribution in [0.25, 0.3) is 0 Å². The largest absolute Gasteiger partial charge is 0.379 e. The Morgan fingerprint density at radius 2 is 2.08 bits per heavy atom. The average molecular weight is 503 g/mol. The van der Waals surface area contributed by atoms with Crippen molar-refractivity contribution in [1.82, 2.24) is 9.97 Å². The zero-order chi connectivity index (χ0) is 18.0. The molecular formula is C14H13Cl2IN2O4S. The van der Waals surface area contributed by atoms with Crippen molar-refractivity contribution in [2.75, 3.05) is 10.7 Å². The van der Waals surface area contributed by atoms with Crippen molar-refractivity contribution in [1.29, 1.82) is 0 Å². The summed E-state index contributed by atoms with van der Waals surface area (Å²) in [6.45, 7) is 0. The lowest BCUT2D eigenvalue weighted by atomic mass is 9.90. The first kappa shape index (κ1) is 19.8. The Balaban J connectivity index is 2.64. The standard InChI is InChI=1S/C14H13Cl2IN2O4S/c1-24(21,22)23-13(10-3-2-9(15)6-11(10)16)14(20,8-17)12-7-18-4-5-19-12/h2-7,13,20H,8H2,1H3. The summed E-state index contributed by atoms with van der Waals surface area (Å²) in [7, 11) is -3.90. The minimum Gasteiger partial charge on any atom is -0.379 e. The van der Waals surface area contributed by atoms with Gasteiger partial charge in [0.2, 0.25) is 0 Å². The molecule has 130 valence electrons. The molecule has 1 aromatic carbocycles. The molecule has 1 aromatic heterocycles. The van der Waals surface area contributed by atoms with E-state index in [1.54, 1.807) is 0 Å². The smallest absolute Gasteiger partial charge is 0.265 e. The van der Waals surface area contributed by atoms with Gasteiger partial charge < -0.3 is 5.11 Å². The molecule has 0 radical (unpaired) electrons. The molecule has 0 aliphatic rings. The Bertz CT molecular complexity index is 823. The molecule has 0 saturated carbocycles. The molecule has 0 amide bonds. The number of rotatable bonds is 6. The first-order valence-electron chi connectivity index (χ1n) is 6.55. The number of hydrogen-bond donors (Lipinski definition) is 1. The molecule has 2 rings (SSSR count). The molecule has 1 N–H and O–H groups in total. The SMILES string of the molecule is CS(=O)(=O)OC(c1ccc(Cl)cc1Cl)C(O)(CI)c1cnccn1. The Morgan fingerprint density at radius 1 is 1.38 bits per heavy atom. The van der Waals surface area contributed by atoms with Gasteiger partial charge in [-0.3, -0.25) is 14.2 Å². The number of halogens is 3. The number of hydrogen-bond acceptors (Lipinski definition) is 6. The summed E-state index contributed by atoms with van der Waals surface area (Å²) < 4.78 is 28.8. The third-order valence-electron chi connectivity index (χ3n) is 3.16. The second-order valence-corrected chi connectivity index (χ2v) is 8.20. The van der Waals surface area contributed by atoms with Gasteiger partial charge in [-0.15, -0.1) is 0 Å². The van der Waals surface area contributed by atoms with E-state index in [1.165, 1.54) is 36.8 Å². The third-order valence-corrected chi connectivity index (χ3v) is 5.43. The maximum atomic E-state index is 11.7. The highest BCUT2D eigenvalue weighted by molar-refractivity contribution is 14.1. The fraction of sp³-hybridized carbons (Fsp3) is 0.286. The molecular weight excluding hydrogens is 490 g/mol. The van der Waals surface area contributed by atoms with Crippen molar-refractivity contribution in [3.05, 3.63) is 58.1 Å². The van der Waals surface area contributed by atoms with Crippen LogP contribution < -0.4 is 0 Å². The molecule has 10 heteroatoms. The summed E-state index contributed by atoms with van der Waals surface area (Å²) in [5.74, 6) is 0. The van der Waals surface area contributed by atoms with E-state index in [0.717, 1.165) is 6.26 Å². The zero-order valence-corrected chi connectivity index (χ0v) is 16.8. The van der Waals surface area contributed by atoms with Crippen LogP contribution in [0.1, 0.15) is 17.4 Å². The van der Waals surface area contributed by atoms with E-state index < -0.39 is 21.8 Å². The number of alkyl halides is 1. The molecule has 0 saturated heterocycles. The van der Waals surface area contributed by atoms with E-state index in [9.17, 15) is 13.5 Å². The Morgan fingerprint density at radius 3 is 2.58 bits per heavy atom. The number of aromatic nitrogens is 2. The van der Waals surface area contributed by atoms with E-state index in [1.807, 2.05) is 22.6 Å². The lowest BCUT2D eigenvalue weighted by Crippen LogP contribution is -2.39. The number of benzene rings is 1. The molecule has 0 aliphatic heterocycles. The van der Waals surface area contributed by atoms with Gasteiger partial charge >= 0.3 is 0 Å². The van der Waals surface area contributed by atoms with Gasteiger partial charge in [0.1, 0.15) is 11.7 Å². The van der Waals surface area contributed by atoms with Crippen LogP contribution in [0, 0.1) is 0 Å². The molecule has 2 aromatic rings. The zero-order valence-electron chi connectivity index (χ0n) is 12.4. The highest BCUT2D eigenvalue weighted by atomic mass is 127. The number of nitrogens with zero attached hydrogens (tertiary/aromatic N) is 2. The summed E-state index contributed by atoms with van der Waals surface area (Å²) in [5.41, 5.74) is -1.33. The molecule has 0 fully saturated rings. The lowest BCUT2D eigenvalue weighted by Gasteiger charge is -2.33. The minimum atomic E-state index is -3.90. The van der Waals surface area contributed by atoms with Crippen LogP contribution in [0.2, 0.25) is 10.0 Å².